The third-order valence-electron chi connectivity index (χ3n) is 3.20. The Morgan fingerprint density at radius 3 is 2.76 bits per heavy atom. The van der Waals surface area contributed by atoms with E-state index in [9.17, 15) is 13.5 Å². The Morgan fingerprint density at radius 2 is 2.05 bits per heavy atom. The first-order valence-corrected chi connectivity index (χ1v) is 9.25. The number of aliphatic hydroxyl groups excluding tert-OH is 1. The summed E-state index contributed by atoms with van der Waals surface area (Å²) in [5, 5.41) is 10.6. The summed E-state index contributed by atoms with van der Waals surface area (Å²) in [4.78, 5) is 0. The summed E-state index contributed by atoms with van der Waals surface area (Å²) in [6, 6.07) is 3.35. The maximum atomic E-state index is 11.1. The van der Waals surface area contributed by atoms with Crippen molar-refractivity contribution in [1.82, 2.24) is 0 Å². The molecular weight excluding hydrogens is 316 g/mol. The zero-order valence-electron chi connectivity index (χ0n) is 11.8. The van der Waals surface area contributed by atoms with Crippen molar-refractivity contribution in [2.45, 2.75) is 25.4 Å². The first-order chi connectivity index (χ1) is 9.87. The van der Waals surface area contributed by atoms with Crippen LogP contribution in [0.25, 0.3) is 0 Å². The van der Waals surface area contributed by atoms with E-state index in [1.165, 1.54) is 6.26 Å². The highest BCUT2D eigenvalue weighted by Crippen LogP contribution is 2.39. The molecule has 0 aromatic heterocycles. The minimum absolute atomic E-state index is 0.0579. The standard InChI is InChI=1S/C14H19ClO5S/c1-21(17,18)7-2-4-12(16)10-8-11(15)14-13(9-10)19-5-3-6-20-14/h8-9,12,16H,2-7H2,1H3. The molecule has 0 amide bonds. The fraction of sp³-hybridized carbons (Fsp3) is 0.571. The fourth-order valence-corrected chi connectivity index (χ4v) is 3.11. The molecule has 1 N–H and O–H groups in total. The van der Waals surface area contributed by atoms with Crippen molar-refractivity contribution in [3.63, 3.8) is 0 Å². The van der Waals surface area contributed by atoms with Gasteiger partial charge < -0.3 is 14.6 Å². The van der Waals surface area contributed by atoms with E-state index < -0.39 is 15.9 Å². The average molecular weight is 335 g/mol. The Hall–Kier alpha value is -0.980. The van der Waals surface area contributed by atoms with Gasteiger partial charge in [0.1, 0.15) is 9.84 Å². The molecule has 21 heavy (non-hydrogen) atoms. The van der Waals surface area contributed by atoms with Gasteiger partial charge in [-0.2, -0.15) is 0 Å². The van der Waals surface area contributed by atoms with E-state index >= 15 is 0 Å². The number of sulfone groups is 1. The van der Waals surface area contributed by atoms with Crippen LogP contribution in [0.3, 0.4) is 0 Å². The van der Waals surface area contributed by atoms with Crippen LogP contribution in [0.15, 0.2) is 12.1 Å². The predicted octanol–water partition coefficient (Wildman–Crippen LogP) is 2.36. The van der Waals surface area contributed by atoms with E-state index in [4.69, 9.17) is 21.1 Å². The number of halogens is 1. The van der Waals surface area contributed by atoms with Crippen LogP contribution in [0.4, 0.5) is 0 Å². The Bertz CT molecular complexity index is 600. The molecule has 118 valence electrons. The molecule has 1 unspecified atom stereocenters. The number of rotatable bonds is 5. The largest absolute Gasteiger partial charge is 0.489 e. The second-order valence-corrected chi connectivity index (χ2v) is 7.84. The normalized spacial score (nSPS) is 16.3. The first kappa shape index (κ1) is 16.4. The van der Waals surface area contributed by atoms with Gasteiger partial charge in [0.15, 0.2) is 11.5 Å². The van der Waals surface area contributed by atoms with E-state index in [0.29, 0.717) is 48.1 Å². The van der Waals surface area contributed by atoms with Crippen LogP contribution in [0.2, 0.25) is 5.02 Å². The molecule has 1 aromatic carbocycles. The summed E-state index contributed by atoms with van der Waals surface area (Å²) in [7, 11) is -3.01. The van der Waals surface area contributed by atoms with Crippen molar-refractivity contribution >= 4 is 21.4 Å². The van der Waals surface area contributed by atoms with Gasteiger partial charge >= 0.3 is 0 Å². The van der Waals surface area contributed by atoms with Crippen molar-refractivity contribution in [3.8, 4) is 11.5 Å². The number of hydrogen-bond donors (Lipinski definition) is 1. The van der Waals surface area contributed by atoms with Gasteiger partial charge in [-0.25, -0.2) is 8.42 Å². The third-order valence-corrected chi connectivity index (χ3v) is 4.51. The van der Waals surface area contributed by atoms with Crippen molar-refractivity contribution in [2.75, 3.05) is 25.2 Å². The highest BCUT2D eigenvalue weighted by molar-refractivity contribution is 7.90. The molecule has 5 nitrogen and oxygen atoms in total. The van der Waals surface area contributed by atoms with Crippen LogP contribution in [-0.2, 0) is 9.84 Å². The topological polar surface area (TPSA) is 72.8 Å². The SMILES string of the molecule is CS(=O)(=O)CCCC(O)c1cc(Cl)c2c(c1)OCCCO2. The van der Waals surface area contributed by atoms with Crippen LogP contribution in [0.1, 0.15) is 30.9 Å². The third kappa shape index (κ3) is 4.76. The first-order valence-electron chi connectivity index (χ1n) is 6.81. The smallest absolute Gasteiger partial charge is 0.179 e. The molecule has 7 heteroatoms. The van der Waals surface area contributed by atoms with Crippen LogP contribution in [0.5, 0.6) is 11.5 Å². The Balaban J connectivity index is 2.09. The van der Waals surface area contributed by atoms with Gasteiger partial charge in [0.2, 0.25) is 0 Å². The molecule has 1 aliphatic rings. The van der Waals surface area contributed by atoms with Gasteiger partial charge in [-0.15, -0.1) is 0 Å². The molecule has 1 atom stereocenters. The monoisotopic (exact) mass is 334 g/mol. The molecule has 1 heterocycles. The lowest BCUT2D eigenvalue weighted by atomic mass is 10.0. The van der Waals surface area contributed by atoms with Gasteiger partial charge in [0.05, 0.1) is 24.3 Å². The summed E-state index contributed by atoms with van der Waals surface area (Å²) in [6.45, 7) is 1.08. The molecule has 0 saturated carbocycles. The number of ether oxygens (including phenoxy) is 2. The van der Waals surface area contributed by atoms with Gasteiger partial charge in [-0.3, -0.25) is 0 Å². The van der Waals surface area contributed by atoms with E-state index in [0.717, 1.165) is 6.42 Å². The zero-order valence-corrected chi connectivity index (χ0v) is 13.4. The Labute approximate surface area is 129 Å². The minimum Gasteiger partial charge on any atom is -0.489 e. The minimum atomic E-state index is -3.01. The number of benzene rings is 1. The van der Waals surface area contributed by atoms with Crippen LogP contribution in [0, 0.1) is 0 Å². The summed E-state index contributed by atoms with van der Waals surface area (Å²) < 4.78 is 33.3. The molecule has 0 spiro atoms. The molecule has 0 fully saturated rings. The van der Waals surface area contributed by atoms with Crippen LogP contribution < -0.4 is 9.47 Å². The lowest BCUT2D eigenvalue weighted by Gasteiger charge is -2.15. The van der Waals surface area contributed by atoms with E-state index in [-0.39, 0.29) is 5.75 Å². The molecule has 0 radical (unpaired) electrons. The number of aliphatic hydroxyl groups is 1. The molecular formula is C14H19ClO5S. The summed E-state index contributed by atoms with van der Waals surface area (Å²) in [5.41, 5.74) is 0.609. The molecule has 0 bridgehead atoms. The highest BCUT2D eigenvalue weighted by atomic mass is 35.5. The van der Waals surface area contributed by atoms with E-state index in [1.54, 1.807) is 12.1 Å². The second kappa shape index (κ2) is 6.85. The predicted molar refractivity (Wildman–Crippen MR) is 81.0 cm³/mol. The summed E-state index contributed by atoms with van der Waals surface area (Å²) in [5.74, 6) is 1.08. The fourth-order valence-electron chi connectivity index (χ4n) is 2.15. The molecule has 0 aliphatic carbocycles. The van der Waals surface area contributed by atoms with Crippen molar-refractivity contribution in [2.24, 2.45) is 0 Å². The Morgan fingerprint density at radius 1 is 1.33 bits per heavy atom. The van der Waals surface area contributed by atoms with Gasteiger partial charge in [0, 0.05) is 18.4 Å². The molecule has 2 rings (SSSR count). The van der Waals surface area contributed by atoms with E-state index in [1.807, 2.05) is 0 Å². The second-order valence-electron chi connectivity index (χ2n) is 5.17. The van der Waals surface area contributed by atoms with Crippen molar-refractivity contribution < 1.29 is 23.0 Å². The maximum absolute atomic E-state index is 11.1. The van der Waals surface area contributed by atoms with Gasteiger partial charge in [0.25, 0.3) is 0 Å². The highest BCUT2D eigenvalue weighted by Gasteiger charge is 2.19. The lowest BCUT2D eigenvalue weighted by molar-refractivity contribution is 0.166. The number of fused-ring (bicyclic) bond motifs is 1. The van der Waals surface area contributed by atoms with Crippen LogP contribution in [-0.4, -0.2) is 38.7 Å². The summed E-state index contributed by atoms with van der Waals surface area (Å²) in [6.07, 6.45) is 1.93. The maximum Gasteiger partial charge on any atom is 0.179 e. The quantitative estimate of drug-likeness (QED) is 0.894. The van der Waals surface area contributed by atoms with Crippen molar-refractivity contribution in [3.05, 3.63) is 22.7 Å². The van der Waals surface area contributed by atoms with Crippen molar-refractivity contribution in [1.29, 1.82) is 0 Å². The zero-order chi connectivity index (χ0) is 15.5. The molecule has 0 saturated heterocycles. The number of hydrogen-bond acceptors (Lipinski definition) is 5. The Kier molecular flexibility index (Phi) is 5.35. The molecule has 1 aromatic rings. The lowest BCUT2D eigenvalue weighted by Crippen LogP contribution is -2.06. The van der Waals surface area contributed by atoms with Crippen LogP contribution >= 0.6 is 11.6 Å². The van der Waals surface area contributed by atoms with Gasteiger partial charge in [-0.1, -0.05) is 11.6 Å². The van der Waals surface area contributed by atoms with Gasteiger partial charge in [-0.05, 0) is 30.5 Å². The molecule has 1 aliphatic heterocycles. The average Bonchev–Trinajstić information content (AvgIpc) is 2.62. The van der Waals surface area contributed by atoms with E-state index in [2.05, 4.69) is 0 Å². The summed E-state index contributed by atoms with van der Waals surface area (Å²) >= 11 is 6.16.